The quantitative estimate of drug-likeness (QED) is 0.646. The zero-order valence-electron chi connectivity index (χ0n) is 18.1. The normalized spacial score (nSPS) is 14.9. The number of amides is 2. The molecule has 0 aromatic heterocycles. The lowest BCUT2D eigenvalue weighted by Gasteiger charge is -2.33. The molecule has 0 unspecified atom stereocenters. The molecule has 0 spiro atoms. The summed E-state index contributed by atoms with van der Waals surface area (Å²) >= 11 is 0. The fraction of sp³-hybridized carbons (Fsp3) is 0.417. The van der Waals surface area contributed by atoms with Crippen LogP contribution in [0, 0.1) is 5.82 Å². The molecule has 166 valence electrons. The SMILES string of the molecule is CCc1ccccc1NC(=O)CN1CCN(CC(=O)NCCc2ccc(F)cc2)CC1. The largest absolute Gasteiger partial charge is 0.355 e. The number of piperazine rings is 1. The topological polar surface area (TPSA) is 64.7 Å². The summed E-state index contributed by atoms with van der Waals surface area (Å²) in [6.45, 7) is 6.34. The van der Waals surface area contributed by atoms with Crippen molar-refractivity contribution < 1.29 is 14.0 Å². The maximum absolute atomic E-state index is 12.9. The fourth-order valence-corrected chi connectivity index (χ4v) is 3.71. The Morgan fingerprint density at radius 1 is 0.903 bits per heavy atom. The van der Waals surface area contributed by atoms with Gasteiger partial charge < -0.3 is 10.6 Å². The van der Waals surface area contributed by atoms with Crippen LogP contribution in [0.4, 0.5) is 10.1 Å². The third-order valence-electron chi connectivity index (χ3n) is 5.52. The summed E-state index contributed by atoms with van der Waals surface area (Å²) in [5.74, 6) is -0.271. The molecule has 1 aliphatic heterocycles. The Labute approximate surface area is 183 Å². The van der Waals surface area contributed by atoms with Gasteiger partial charge >= 0.3 is 0 Å². The number of hydrogen-bond acceptors (Lipinski definition) is 4. The van der Waals surface area contributed by atoms with Gasteiger partial charge in [-0.05, 0) is 42.2 Å². The lowest BCUT2D eigenvalue weighted by molar-refractivity contribution is -0.123. The van der Waals surface area contributed by atoms with Crippen LogP contribution in [-0.4, -0.2) is 67.4 Å². The third-order valence-corrected chi connectivity index (χ3v) is 5.52. The van der Waals surface area contributed by atoms with Gasteiger partial charge in [-0.25, -0.2) is 4.39 Å². The number of carbonyl (C=O) groups is 2. The Kier molecular flexibility index (Phi) is 8.55. The number of nitrogens with one attached hydrogen (secondary N) is 2. The molecule has 7 heteroatoms. The minimum absolute atomic E-state index is 0.00659. The number of benzene rings is 2. The molecule has 0 saturated carbocycles. The van der Waals surface area contributed by atoms with Crippen molar-refractivity contribution in [3.63, 3.8) is 0 Å². The first-order chi connectivity index (χ1) is 15.0. The van der Waals surface area contributed by atoms with Crippen LogP contribution in [0.2, 0.25) is 0 Å². The van der Waals surface area contributed by atoms with E-state index in [1.54, 1.807) is 12.1 Å². The van der Waals surface area contributed by atoms with E-state index < -0.39 is 0 Å². The zero-order chi connectivity index (χ0) is 22.1. The second-order valence-corrected chi connectivity index (χ2v) is 7.84. The Hall–Kier alpha value is -2.77. The molecule has 0 atom stereocenters. The highest BCUT2D eigenvalue weighted by molar-refractivity contribution is 5.93. The Morgan fingerprint density at radius 2 is 1.52 bits per heavy atom. The molecule has 0 bridgehead atoms. The summed E-state index contributed by atoms with van der Waals surface area (Å²) in [5, 5.41) is 5.94. The van der Waals surface area contributed by atoms with Gasteiger partial charge in [-0.2, -0.15) is 0 Å². The molecule has 2 amide bonds. The molecule has 1 saturated heterocycles. The lowest BCUT2D eigenvalue weighted by Crippen LogP contribution is -2.51. The number of halogens is 1. The highest BCUT2D eigenvalue weighted by Gasteiger charge is 2.20. The van der Waals surface area contributed by atoms with E-state index in [9.17, 15) is 14.0 Å². The predicted molar refractivity (Wildman–Crippen MR) is 120 cm³/mol. The molecule has 0 radical (unpaired) electrons. The van der Waals surface area contributed by atoms with Crippen molar-refractivity contribution in [2.75, 3.05) is 51.1 Å². The van der Waals surface area contributed by atoms with E-state index in [-0.39, 0.29) is 17.6 Å². The molecule has 6 nitrogen and oxygen atoms in total. The maximum Gasteiger partial charge on any atom is 0.238 e. The molecular weight excluding hydrogens is 395 g/mol. The Balaban J connectivity index is 1.33. The van der Waals surface area contributed by atoms with E-state index in [0.29, 0.717) is 26.1 Å². The molecule has 1 aliphatic rings. The minimum Gasteiger partial charge on any atom is -0.355 e. The van der Waals surface area contributed by atoms with Crippen LogP contribution in [0.15, 0.2) is 48.5 Å². The van der Waals surface area contributed by atoms with Gasteiger partial charge in [0.05, 0.1) is 13.1 Å². The summed E-state index contributed by atoms with van der Waals surface area (Å²) in [5.41, 5.74) is 3.01. The van der Waals surface area contributed by atoms with Gasteiger partial charge in [-0.1, -0.05) is 37.3 Å². The molecule has 2 N–H and O–H groups in total. The monoisotopic (exact) mass is 426 g/mol. The van der Waals surface area contributed by atoms with Crippen LogP contribution in [0.5, 0.6) is 0 Å². The summed E-state index contributed by atoms with van der Waals surface area (Å²) < 4.78 is 12.9. The molecular formula is C24H31FN4O2. The van der Waals surface area contributed by atoms with Crippen molar-refractivity contribution in [1.82, 2.24) is 15.1 Å². The van der Waals surface area contributed by atoms with Crippen molar-refractivity contribution in [2.45, 2.75) is 19.8 Å². The van der Waals surface area contributed by atoms with Crippen molar-refractivity contribution >= 4 is 17.5 Å². The van der Waals surface area contributed by atoms with Gasteiger partial charge in [0.1, 0.15) is 5.82 Å². The molecule has 0 aliphatic carbocycles. The summed E-state index contributed by atoms with van der Waals surface area (Å²) in [4.78, 5) is 28.8. The zero-order valence-corrected chi connectivity index (χ0v) is 18.1. The second-order valence-electron chi connectivity index (χ2n) is 7.84. The molecule has 2 aromatic carbocycles. The van der Waals surface area contributed by atoms with Gasteiger partial charge in [0.25, 0.3) is 0 Å². The summed E-state index contributed by atoms with van der Waals surface area (Å²) in [6.07, 6.45) is 1.55. The van der Waals surface area contributed by atoms with Crippen LogP contribution in [0.25, 0.3) is 0 Å². The number of nitrogens with zero attached hydrogens (tertiary/aromatic N) is 2. The van der Waals surface area contributed by atoms with Crippen molar-refractivity contribution in [3.8, 4) is 0 Å². The summed E-state index contributed by atoms with van der Waals surface area (Å²) in [6, 6.07) is 14.2. The van der Waals surface area contributed by atoms with Crippen LogP contribution in [0.3, 0.4) is 0 Å². The average molecular weight is 427 g/mol. The fourth-order valence-electron chi connectivity index (χ4n) is 3.71. The number of anilines is 1. The van der Waals surface area contributed by atoms with Crippen LogP contribution < -0.4 is 10.6 Å². The highest BCUT2D eigenvalue weighted by atomic mass is 19.1. The van der Waals surface area contributed by atoms with Crippen LogP contribution in [0.1, 0.15) is 18.1 Å². The standard InChI is InChI=1S/C24H31FN4O2/c1-2-20-5-3-4-6-22(20)27-24(31)18-29-15-13-28(14-16-29)17-23(30)26-12-11-19-7-9-21(25)10-8-19/h3-10H,2,11-18H2,1H3,(H,26,30)(H,27,31). The highest BCUT2D eigenvalue weighted by Crippen LogP contribution is 2.15. The molecule has 1 fully saturated rings. The second kappa shape index (κ2) is 11.6. The van der Waals surface area contributed by atoms with Gasteiger partial charge in [-0.3, -0.25) is 19.4 Å². The maximum atomic E-state index is 12.9. The Morgan fingerprint density at radius 3 is 2.16 bits per heavy atom. The number of para-hydroxylation sites is 1. The van der Waals surface area contributed by atoms with E-state index in [4.69, 9.17) is 0 Å². The van der Waals surface area contributed by atoms with Crippen molar-refractivity contribution in [1.29, 1.82) is 0 Å². The van der Waals surface area contributed by atoms with Crippen molar-refractivity contribution in [3.05, 3.63) is 65.5 Å². The number of hydrogen-bond donors (Lipinski definition) is 2. The average Bonchev–Trinajstić information content (AvgIpc) is 2.77. The molecule has 1 heterocycles. The van der Waals surface area contributed by atoms with Gasteiger partial charge in [0.2, 0.25) is 11.8 Å². The molecule has 3 rings (SSSR count). The van der Waals surface area contributed by atoms with Crippen molar-refractivity contribution in [2.24, 2.45) is 0 Å². The summed E-state index contributed by atoms with van der Waals surface area (Å²) in [7, 11) is 0. The first kappa shape index (κ1) is 22.9. The number of carbonyl (C=O) groups excluding carboxylic acids is 2. The first-order valence-electron chi connectivity index (χ1n) is 10.9. The smallest absolute Gasteiger partial charge is 0.238 e. The molecule has 31 heavy (non-hydrogen) atoms. The molecule has 2 aromatic rings. The van der Waals surface area contributed by atoms with Gasteiger partial charge in [0.15, 0.2) is 0 Å². The van der Waals surface area contributed by atoms with E-state index in [2.05, 4.69) is 27.4 Å². The van der Waals surface area contributed by atoms with E-state index in [1.165, 1.54) is 12.1 Å². The first-order valence-corrected chi connectivity index (χ1v) is 10.9. The van der Waals surface area contributed by atoms with E-state index >= 15 is 0 Å². The number of aryl methyl sites for hydroxylation is 1. The number of rotatable bonds is 9. The Bertz CT molecular complexity index is 864. The van der Waals surface area contributed by atoms with Crippen LogP contribution >= 0.6 is 0 Å². The van der Waals surface area contributed by atoms with Gasteiger partial charge in [-0.15, -0.1) is 0 Å². The lowest BCUT2D eigenvalue weighted by atomic mass is 10.1. The van der Waals surface area contributed by atoms with Gasteiger partial charge in [0, 0.05) is 38.4 Å². The third kappa shape index (κ3) is 7.45. The van der Waals surface area contributed by atoms with Crippen LogP contribution in [-0.2, 0) is 22.4 Å². The predicted octanol–water partition coefficient (Wildman–Crippen LogP) is 2.30. The van der Waals surface area contributed by atoms with E-state index in [1.807, 2.05) is 24.3 Å². The van der Waals surface area contributed by atoms with E-state index in [0.717, 1.165) is 49.4 Å². The minimum atomic E-state index is -0.254.